The minimum Gasteiger partial charge on any atom is -0.317 e. The maximum atomic E-state index is 13.5. The Kier molecular flexibility index (Phi) is 6.10. The van der Waals surface area contributed by atoms with Crippen molar-refractivity contribution >= 4 is 35.4 Å². The van der Waals surface area contributed by atoms with E-state index in [4.69, 9.17) is 0 Å². The highest BCUT2D eigenvalue weighted by Gasteiger charge is 2.57. The summed E-state index contributed by atoms with van der Waals surface area (Å²) >= 11 is 0. The lowest BCUT2D eigenvalue weighted by molar-refractivity contribution is -0.135. The molecule has 7 nitrogen and oxygen atoms in total. The molecule has 0 bridgehead atoms. The molecular weight excluding hydrogens is 390 g/mol. The number of amides is 3. The number of para-hydroxylation sites is 2. The molecule has 0 saturated carbocycles. The second kappa shape index (κ2) is 8.24. The number of piperidine rings is 1. The van der Waals surface area contributed by atoms with Crippen LogP contribution in [0.5, 0.6) is 0 Å². The van der Waals surface area contributed by atoms with E-state index < -0.39 is 5.54 Å². The quantitative estimate of drug-likeness (QED) is 0.774. The summed E-state index contributed by atoms with van der Waals surface area (Å²) in [5, 5.41) is 3.31. The van der Waals surface area contributed by atoms with Crippen molar-refractivity contribution in [3.8, 4) is 0 Å². The Hall–Kier alpha value is -2.25. The summed E-state index contributed by atoms with van der Waals surface area (Å²) < 4.78 is 0. The smallest absolute Gasteiger partial charge is 0.317 e. The molecule has 1 spiro atoms. The first kappa shape index (κ1) is 21.5. The van der Waals surface area contributed by atoms with E-state index in [-0.39, 0.29) is 30.9 Å². The Morgan fingerprint density at radius 1 is 1.10 bits per heavy atom. The number of carbonyl (C=O) groups excluding carboxylic acids is 2. The lowest BCUT2D eigenvalue weighted by Crippen LogP contribution is -2.56. The summed E-state index contributed by atoms with van der Waals surface area (Å²) in [6, 6.07) is 7.46. The maximum absolute atomic E-state index is 13.5. The molecule has 8 heteroatoms. The number of imide groups is 1. The largest absolute Gasteiger partial charge is 0.328 e. The normalized spacial score (nSPS) is 18.8. The third-order valence-corrected chi connectivity index (χ3v) is 5.75. The second-order valence-electron chi connectivity index (χ2n) is 8.20. The summed E-state index contributed by atoms with van der Waals surface area (Å²) in [6.07, 6.45) is 1.31. The van der Waals surface area contributed by atoms with Gasteiger partial charge in [-0.25, -0.2) is 14.8 Å². The van der Waals surface area contributed by atoms with Gasteiger partial charge < -0.3 is 10.2 Å². The molecule has 29 heavy (non-hydrogen) atoms. The molecule has 0 atom stereocenters. The minimum absolute atomic E-state index is 0. The highest BCUT2D eigenvalue weighted by molar-refractivity contribution is 6.07. The average Bonchev–Trinajstić information content (AvgIpc) is 2.85. The number of hydrogen-bond acceptors (Lipinski definition) is 5. The fourth-order valence-corrected chi connectivity index (χ4v) is 4.29. The number of aryl methyl sites for hydroxylation is 1. The number of urea groups is 1. The van der Waals surface area contributed by atoms with Crippen LogP contribution in [0.2, 0.25) is 0 Å². The van der Waals surface area contributed by atoms with Gasteiger partial charge in [-0.05, 0) is 50.9 Å². The van der Waals surface area contributed by atoms with Gasteiger partial charge in [0.15, 0.2) is 0 Å². The molecule has 1 aromatic heterocycles. The summed E-state index contributed by atoms with van der Waals surface area (Å²) in [5.74, 6) is 0.208. The predicted molar refractivity (Wildman–Crippen MR) is 114 cm³/mol. The van der Waals surface area contributed by atoms with Crippen molar-refractivity contribution in [2.75, 3.05) is 19.6 Å². The fourth-order valence-electron chi connectivity index (χ4n) is 4.29. The number of benzene rings is 1. The zero-order valence-electron chi connectivity index (χ0n) is 17.1. The monoisotopic (exact) mass is 417 g/mol. The lowest BCUT2D eigenvalue weighted by atomic mass is 9.86. The van der Waals surface area contributed by atoms with Crippen LogP contribution in [0.25, 0.3) is 11.0 Å². The highest BCUT2D eigenvalue weighted by atomic mass is 35.5. The Bertz CT molecular complexity index is 926. The number of hydrogen-bond donors (Lipinski definition) is 1. The fraction of sp³-hybridized carbons (Fsp3) is 0.524. The van der Waals surface area contributed by atoms with Gasteiger partial charge in [0.2, 0.25) is 0 Å². The topological polar surface area (TPSA) is 78.4 Å². The molecule has 0 unspecified atom stereocenters. The minimum atomic E-state index is -0.717. The summed E-state index contributed by atoms with van der Waals surface area (Å²) in [4.78, 5) is 39.2. The standard InChI is InChI=1S/C21H27N5O2.ClH/c1-14(2)12-26-20(28)25(19(27)21(26)8-10-22-11-9-21)13-18-15(3)23-16-6-4-5-7-17(16)24-18;/h4-7,14,22H,8-13H2,1-3H3;1H. The molecule has 3 heterocycles. The molecule has 4 rings (SSSR count). The molecule has 2 aliphatic rings. The van der Waals surface area contributed by atoms with Crippen molar-refractivity contribution < 1.29 is 9.59 Å². The van der Waals surface area contributed by atoms with E-state index >= 15 is 0 Å². The Morgan fingerprint density at radius 2 is 1.72 bits per heavy atom. The van der Waals surface area contributed by atoms with Crippen molar-refractivity contribution in [3.63, 3.8) is 0 Å². The van der Waals surface area contributed by atoms with E-state index in [1.165, 1.54) is 4.90 Å². The average molecular weight is 418 g/mol. The molecule has 2 aliphatic heterocycles. The van der Waals surface area contributed by atoms with Gasteiger partial charge in [0.05, 0.1) is 29.0 Å². The molecule has 2 aromatic rings. The van der Waals surface area contributed by atoms with Gasteiger partial charge in [0.25, 0.3) is 5.91 Å². The zero-order valence-corrected chi connectivity index (χ0v) is 18.0. The van der Waals surface area contributed by atoms with Crippen molar-refractivity contribution in [1.29, 1.82) is 0 Å². The number of halogens is 1. The van der Waals surface area contributed by atoms with Crippen LogP contribution in [0.4, 0.5) is 4.79 Å². The third kappa shape index (κ3) is 3.69. The van der Waals surface area contributed by atoms with Crippen LogP contribution in [0, 0.1) is 12.8 Å². The SMILES string of the molecule is Cc1nc2ccccc2nc1CN1C(=O)N(CC(C)C)C2(CCNCC2)C1=O.Cl. The molecular formula is C21H28ClN5O2. The van der Waals surface area contributed by atoms with Gasteiger partial charge in [-0.2, -0.15) is 0 Å². The summed E-state index contributed by atoms with van der Waals surface area (Å²) in [7, 11) is 0. The van der Waals surface area contributed by atoms with Crippen molar-refractivity contribution in [3.05, 3.63) is 35.7 Å². The number of fused-ring (bicyclic) bond motifs is 1. The number of carbonyl (C=O) groups is 2. The van der Waals surface area contributed by atoms with Crippen molar-refractivity contribution in [2.24, 2.45) is 5.92 Å². The van der Waals surface area contributed by atoms with Crippen LogP contribution < -0.4 is 5.32 Å². The lowest BCUT2D eigenvalue weighted by Gasteiger charge is -2.39. The Balaban J connectivity index is 0.00000240. The van der Waals surface area contributed by atoms with Crippen LogP contribution in [0.1, 0.15) is 38.1 Å². The Labute approximate surface area is 177 Å². The van der Waals surface area contributed by atoms with E-state index in [2.05, 4.69) is 29.1 Å². The molecule has 2 fully saturated rings. The van der Waals surface area contributed by atoms with Gasteiger partial charge in [0.1, 0.15) is 5.54 Å². The first-order chi connectivity index (χ1) is 13.4. The number of rotatable bonds is 4. The highest BCUT2D eigenvalue weighted by Crippen LogP contribution is 2.37. The van der Waals surface area contributed by atoms with Gasteiger partial charge in [0, 0.05) is 6.54 Å². The van der Waals surface area contributed by atoms with Crippen LogP contribution in [-0.2, 0) is 11.3 Å². The van der Waals surface area contributed by atoms with Crippen LogP contribution in [0.15, 0.2) is 24.3 Å². The van der Waals surface area contributed by atoms with Crippen LogP contribution in [0.3, 0.4) is 0 Å². The molecule has 1 N–H and O–H groups in total. The first-order valence-corrected chi connectivity index (χ1v) is 9.99. The molecule has 1 aromatic carbocycles. The third-order valence-electron chi connectivity index (χ3n) is 5.75. The van der Waals surface area contributed by atoms with Gasteiger partial charge in [-0.15, -0.1) is 12.4 Å². The van der Waals surface area contributed by atoms with E-state index in [1.807, 2.05) is 36.1 Å². The van der Waals surface area contributed by atoms with Gasteiger partial charge in [-0.3, -0.25) is 9.69 Å². The zero-order chi connectivity index (χ0) is 19.9. The Morgan fingerprint density at radius 3 is 2.34 bits per heavy atom. The predicted octanol–water partition coefficient (Wildman–Crippen LogP) is 2.90. The molecule has 0 radical (unpaired) electrons. The van der Waals surface area contributed by atoms with Crippen LogP contribution >= 0.6 is 12.4 Å². The summed E-state index contributed by atoms with van der Waals surface area (Å²) in [6.45, 7) is 8.29. The van der Waals surface area contributed by atoms with Crippen molar-refractivity contribution in [2.45, 2.75) is 45.7 Å². The molecule has 0 aliphatic carbocycles. The van der Waals surface area contributed by atoms with Gasteiger partial charge >= 0.3 is 6.03 Å². The van der Waals surface area contributed by atoms with Crippen LogP contribution in [-0.4, -0.2) is 56.9 Å². The number of aromatic nitrogens is 2. The van der Waals surface area contributed by atoms with E-state index in [9.17, 15) is 9.59 Å². The summed E-state index contributed by atoms with van der Waals surface area (Å²) in [5.41, 5.74) is 2.30. The molecule has 156 valence electrons. The second-order valence-corrected chi connectivity index (χ2v) is 8.20. The van der Waals surface area contributed by atoms with E-state index in [0.717, 1.165) is 29.8 Å². The number of nitrogens with one attached hydrogen (secondary N) is 1. The van der Waals surface area contributed by atoms with Crippen molar-refractivity contribution in [1.82, 2.24) is 25.1 Å². The molecule has 3 amide bonds. The maximum Gasteiger partial charge on any atom is 0.328 e. The first-order valence-electron chi connectivity index (χ1n) is 9.99. The van der Waals surface area contributed by atoms with E-state index in [0.29, 0.717) is 31.0 Å². The number of nitrogens with zero attached hydrogens (tertiary/aromatic N) is 4. The molecule has 2 saturated heterocycles. The van der Waals surface area contributed by atoms with Gasteiger partial charge in [-0.1, -0.05) is 26.0 Å². The van der Waals surface area contributed by atoms with E-state index in [1.54, 1.807) is 0 Å².